The van der Waals surface area contributed by atoms with Crippen LogP contribution >= 0.6 is 11.6 Å². The number of benzene rings is 1. The molecule has 2 N–H and O–H groups in total. The van der Waals surface area contributed by atoms with E-state index in [0.29, 0.717) is 23.8 Å². The average molecular weight is 373 g/mol. The molecule has 4 aliphatic carbocycles. The van der Waals surface area contributed by atoms with E-state index in [4.69, 9.17) is 11.6 Å². The number of carbonyl (C=O) groups excluding carboxylic acids is 1. The van der Waals surface area contributed by atoms with Crippen LogP contribution in [0.3, 0.4) is 0 Å². The third kappa shape index (κ3) is 2.79. The maximum absolute atomic E-state index is 13.4. The monoisotopic (exact) mass is 372 g/mol. The van der Waals surface area contributed by atoms with Crippen molar-refractivity contribution >= 4 is 17.5 Å². The van der Waals surface area contributed by atoms with Crippen LogP contribution in [0, 0.1) is 17.3 Å². The molecule has 1 saturated heterocycles. The van der Waals surface area contributed by atoms with Crippen molar-refractivity contribution in [2.75, 3.05) is 13.1 Å². The molecule has 0 aromatic heterocycles. The van der Waals surface area contributed by atoms with Gasteiger partial charge in [0.1, 0.15) is 0 Å². The Kier molecular flexibility index (Phi) is 4.09. The highest BCUT2D eigenvalue weighted by molar-refractivity contribution is 6.30. The molecule has 5 fully saturated rings. The number of amides is 1. The van der Waals surface area contributed by atoms with E-state index >= 15 is 0 Å². The lowest BCUT2D eigenvalue weighted by atomic mass is 9.42. The zero-order valence-corrected chi connectivity index (χ0v) is 16.2. The summed E-state index contributed by atoms with van der Waals surface area (Å²) < 4.78 is 0. The van der Waals surface area contributed by atoms with Gasteiger partial charge in [-0.05, 0) is 99.4 Å². The zero-order valence-electron chi connectivity index (χ0n) is 15.4. The van der Waals surface area contributed by atoms with Gasteiger partial charge in [-0.15, -0.1) is 0 Å². The lowest BCUT2D eigenvalue weighted by Crippen LogP contribution is -2.60. The summed E-state index contributed by atoms with van der Waals surface area (Å²) in [6, 6.07) is 8.85. The van der Waals surface area contributed by atoms with E-state index in [2.05, 4.69) is 22.8 Å². The first kappa shape index (κ1) is 17.1. The van der Waals surface area contributed by atoms with E-state index in [1.807, 2.05) is 12.1 Å². The maximum atomic E-state index is 13.4. The van der Waals surface area contributed by atoms with Crippen molar-refractivity contribution in [2.24, 2.45) is 17.3 Å². The van der Waals surface area contributed by atoms with E-state index in [-0.39, 0.29) is 10.8 Å². The van der Waals surface area contributed by atoms with Crippen LogP contribution in [0.25, 0.3) is 0 Å². The lowest BCUT2D eigenvalue weighted by Gasteiger charge is -2.61. The van der Waals surface area contributed by atoms with Crippen molar-refractivity contribution in [3.8, 4) is 0 Å². The second-order valence-electron chi connectivity index (χ2n) is 9.53. The molecule has 26 heavy (non-hydrogen) atoms. The summed E-state index contributed by atoms with van der Waals surface area (Å²) in [6.07, 6.45) is 9.23. The first-order valence-electron chi connectivity index (χ1n) is 10.3. The number of piperidine rings is 1. The molecule has 4 bridgehead atoms. The number of hydrogen-bond donors (Lipinski definition) is 2. The normalized spacial score (nSPS) is 39.1. The molecule has 2 unspecified atom stereocenters. The van der Waals surface area contributed by atoms with E-state index in [9.17, 15) is 4.79 Å². The van der Waals surface area contributed by atoms with Crippen molar-refractivity contribution in [3.63, 3.8) is 0 Å². The Morgan fingerprint density at radius 2 is 1.69 bits per heavy atom. The second kappa shape index (κ2) is 6.24. The van der Waals surface area contributed by atoms with Crippen molar-refractivity contribution in [2.45, 2.75) is 62.8 Å². The Morgan fingerprint density at radius 3 is 2.35 bits per heavy atom. The lowest BCUT2D eigenvalue weighted by molar-refractivity contribution is -0.150. The predicted molar refractivity (Wildman–Crippen MR) is 104 cm³/mol. The molecule has 1 aliphatic heterocycles. The SMILES string of the molecule is O=C(NC1CCNCC1)C12CC3CC(C1)CC(c1ccc(Cl)cc1)(C3)C2. The van der Waals surface area contributed by atoms with Gasteiger partial charge in [-0.2, -0.15) is 0 Å². The Bertz CT molecular complexity index is 681. The van der Waals surface area contributed by atoms with Crippen LogP contribution in [-0.2, 0) is 10.2 Å². The number of hydrogen-bond acceptors (Lipinski definition) is 2. The standard InChI is InChI=1S/C22H29ClN2O/c23-18-3-1-17(2-4-18)21-10-15-9-16(11-21)13-22(12-15,14-21)20(26)25-19-5-7-24-8-6-19/h1-4,15-16,19,24H,5-14H2,(H,25,26). The van der Waals surface area contributed by atoms with E-state index < -0.39 is 0 Å². The molecule has 4 saturated carbocycles. The molecule has 1 aromatic carbocycles. The van der Waals surface area contributed by atoms with Crippen LogP contribution in [-0.4, -0.2) is 25.0 Å². The van der Waals surface area contributed by atoms with Crippen molar-refractivity contribution in [1.29, 1.82) is 0 Å². The van der Waals surface area contributed by atoms with Crippen LogP contribution in [0.2, 0.25) is 5.02 Å². The van der Waals surface area contributed by atoms with E-state index in [1.54, 1.807) is 0 Å². The Labute approximate surface area is 161 Å². The summed E-state index contributed by atoms with van der Waals surface area (Å²) in [5.41, 5.74) is 1.48. The second-order valence-corrected chi connectivity index (χ2v) is 9.96. The molecule has 0 spiro atoms. The molecule has 6 rings (SSSR count). The summed E-state index contributed by atoms with van der Waals surface area (Å²) in [7, 11) is 0. The first-order chi connectivity index (χ1) is 12.6. The minimum atomic E-state index is -0.130. The summed E-state index contributed by atoms with van der Waals surface area (Å²) >= 11 is 6.14. The topological polar surface area (TPSA) is 41.1 Å². The Morgan fingerprint density at radius 1 is 1.04 bits per heavy atom. The van der Waals surface area contributed by atoms with E-state index in [0.717, 1.165) is 50.2 Å². The van der Waals surface area contributed by atoms with Gasteiger partial charge in [0, 0.05) is 11.1 Å². The quantitative estimate of drug-likeness (QED) is 0.840. The van der Waals surface area contributed by atoms with Gasteiger partial charge in [0.25, 0.3) is 0 Å². The van der Waals surface area contributed by atoms with Gasteiger partial charge >= 0.3 is 0 Å². The van der Waals surface area contributed by atoms with Crippen molar-refractivity contribution < 1.29 is 4.79 Å². The molecular weight excluding hydrogens is 344 g/mol. The molecular formula is C22H29ClN2O. The number of halogens is 1. The van der Waals surface area contributed by atoms with Crippen molar-refractivity contribution in [1.82, 2.24) is 10.6 Å². The summed E-state index contributed by atoms with van der Waals surface area (Å²) in [4.78, 5) is 13.4. The summed E-state index contributed by atoms with van der Waals surface area (Å²) in [5.74, 6) is 1.79. The smallest absolute Gasteiger partial charge is 0.226 e. The van der Waals surface area contributed by atoms with Gasteiger partial charge in [-0.1, -0.05) is 23.7 Å². The zero-order chi connectivity index (χ0) is 17.8. The van der Waals surface area contributed by atoms with Gasteiger partial charge in [-0.25, -0.2) is 0 Å². The van der Waals surface area contributed by atoms with Crippen molar-refractivity contribution in [3.05, 3.63) is 34.9 Å². The molecule has 1 aromatic rings. The van der Waals surface area contributed by atoms with Crippen LogP contribution < -0.4 is 10.6 Å². The number of nitrogens with one attached hydrogen (secondary N) is 2. The molecule has 4 heteroatoms. The fourth-order valence-electron chi connectivity index (χ4n) is 6.97. The minimum Gasteiger partial charge on any atom is -0.353 e. The number of rotatable bonds is 3. The third-order valence-corrected chi connectivity index (χ3v) is 7.93. The van der Waals surface area contributed by atoms with Crippen LogP contribution in [0.4, 0.5) is 0 Å². The van der Waals surface area contributed by atoms with Gasteiger partial charge < -0.3 is 10.6 Å². The molecule has 1 heterocycles. The fourth-order valence-corrected chi connectivity index (χ4v) is 7.10. The third-order valence-electron chi connectivity index (χ3n) is 7.67. The fraction of sp³-hybridized carbons (Fsp3) is 0.682. The molecule has 140 valence electrons. The summed E-state index contributed by atoms with van der Waals surface area (Å²) in [5, 5.41) is 7.65. The van der Waals surface area contributed by atoms with Crippen LogP contribution in [0.5, 0.6) is 0 Å². The maximum Gasteiger partial charge on any atom is 0.226 e. The molecule has 0 radical (unpaired) electrons. The molecule has 3 nitrogen and oxygen atoms in total. The van der Waals surface area contributed by atoms with Gasteiger partial charge in [0.2, 0.25) is 5.91 Å². The highest BCUT2D eigenvalue weighted by Crippen LogP contribution is 2.65. The van der Waals surface area contributed by atoms with E-state index in [1.165, 1.54) is 24.8 Å². The largest absolute Gasteiger partial charge is 0.353 e. The minimum absolute atomic E-state index is 0.130. The Hall–Kier alpha value is -1.06. The highest BCUT2D eigenvalue weighted by Gasteiger charge is 2.61. The number of carbonyl (C=O) groups is 1. The first-order valence-corrected chi connectivity index (χ1v) is 10.7. The van der Waals surface area contributed by atoms with Gasteiger partial charge in [0.15, 0.2) is 0 Å². The molecule has 5 aliphatic rings. The molecule has 2 atom stereocenters. The Balaban J connectivity index is 1.42. The summed E-state index contributed by atoms with van der Waals surface area (Å²) in [6.45, 7) is 2.05. The molecule has 1 amide bonds. The van der Waals surface area contributed by atoms with Crippen LogP contribution in [0.15, 0.2) is 24.3 Å². The van der Waals surface area contributed by atoms with Crippen LogP contribution in [0.1, 0.15) is 56.9 Å². The predicted octanol–water partition coefficient (Wildman–Crippen LogP) is 4.05. The van der Waals surface area contributed by atoms with Gasteiger partial charge in [-0.3, -0.25) is 4.79 Å². The average Bonchev–Trinajstić information content (AvgIpc) is 2.62. The van der Waals surface area contributed by atoms with Gasteiger partial charge in [0.05, 0.1) is 5.41 Å². The highest BCUT2D eigenvalue weighted by atomic mass is 35.5.